The minimum absolute atomic E-state index is 0.0489. The van der Waals surface area contributed by atoms with Gasteiger partial charge in [-0.2, -0.15) is 5.10 Å². The van der Waals surface area contributed by atoms with E-state index in [1.807, 2.05) is 10.7 Å². The molecule has 0 radical (unpaired) electrons. The van der Waals surface area contributed by atoms with E-state index >= 15 is 0 Å². The summed E-state index contributed by atoms with van der Waals surface area (Å²) >= 11 is 0. The normalized spacial score (nSPS) is 12.8. The topological polar surface area (TPSA) is 68.8 Å². The predicted octanol–water partition coefficient (Wildman–Crippen LogP) is 2.17. The zero-order valence-corrected chi connectivity index (χ0v) is 12.4. The Morgan fingerprint density at radius 2 is 2.05 bits per heavy atom. The highest BCUT2D eigenvalue weighted by Crippen LogP contribution is 2.22. The quantitative estimate of drug-likeness (QED) is 0.625. The highest BCUT2D eigenvalue weighted by atomic mass is 15.3. The molecule has 0 fully saturated rings. The number of benzene rings is 1. The third-order valence-electron chi connectivity index (χ3n) is 3.54. The molecule has 0 amide bonds. The van der Waals surface area contributed by atoms with E-state index in [1.54, 1.807) is 6.33 Å². The third-order valence-corrected chi connectivity index (χ3v) is 3.54. The highest BCUT2D eigenvalue weighted by molar-refractivity contribution is 5.30. The van der Waals surface area contributed by atoms with Gasteiger partial charge in [-0.15, -0.1) is 0 Å². The molecule has 0 saturated heterocycles. The average molecular weight is 273 g/mol. The molecule has 0 aliphatic rings. The van der Waals surface area contributed by atoms with Gasteiger partial charge in [0, 0.05) is 12.5 Å². The Kier molecular flexibility index (Phi) is 4.87. The molecule has 5 nitrogen and oxygen atoms in total. The number of nitrogens with two attached hydrogens (primary N) is 1. The molecule has 20 heavy (non-hydrogen) atoms. The number of hydrazine groups is 1. The molecule has 2 rings (SSSR count). The van der Waals surface area contributed by atoms with Crippen molar-refractivity contribution < 1.29 is 0 Å². The average Bonchev–Trinajstić information content (AvgIpc) is 2.93. The summed E-state index contributed by atoms with van der Waals surface area (Å²) < 4.78 is 1.94. The van der Waals surface area contributed by atoms with Crippen LogP contribution >= 0.6 is 0 Å². The Morgan fingerprint density at radius 1 is 1.30 bits per heavy atom. The summed E-state index contributed by atoms with van der Waals surface area (Å²) in [4.78, 5) is 4.36. The Hall–Kier alpha value is -1.72. The molecule has 1 unspecified atom stereocenters. The summed E-state index contributed by atoms with van der Waals surface area (Å²) in [6, 6.07) is 8.73. The maximum atomic E-state index is 5.76. The number of hydrogen-bond donors (Lipinski definition) is 2. The first-order valence-corrected chi connectivity index (χ1v) is 7.09. The van der Waals surface area contributed by atoms with E-state index in [1.165, 1.54) is 11.1 Å². The summed E-state index contributed by atoms with van der Waals surface area (Å²) in [5.74, 6) is 6.72. The molecular weight excluding hydrogens is 250 g/mol. The van der Waals surface area contributed by atoms with Crippen molar-refractivity contribution in [1.29, 1.82) is 0 Å². The van der Waals surface area contributed by atoms with Gasteiger partial charge in [0.2, 0.25) is 0 Å². The maximum absolute atomic E-state index is 5.76. The first kappa shape index (κ1) is 14.7. The molecule has 0 spiro atoms. The lowest BCUT2D eigenvalue weighted by Crippen LogP contribution is -2.31. The van der Waals surface area contributed by atoms with E-state index in [-0.39, 0.29) is 6.04 Å². The van der Waals surface area contributed by atoms with E-state index in [4.69, 9.17) is 5.84 Å². The number of hydrogen-bond acceptors (Lipinski definition) is 4. The highest BCUT2D eigenvalue weighted by Gasteiger charge is 2.17. The lowest BCUT2D eigenvalue weighted by Gasteiger charge is -2.20. The maximum Gasteiger partial charge on any atom is 0.138 e. The van der Waals surface area contributed by atoms with Crippen LogP contribution in [0.2, 0.25) is 0 Å². The van der Waals surface area contributed by atoms with Crippen molar-refractivity contribution in [3.63, 3.8) is 0 Å². The van der Waals surface area contributed by atoms with E-state index in [2.05, 4.69) is 54.5 Å². The lowest BCUT2D eigenvalue weighted by atomic mass is 9.96. The Morgan fingerprint density at radius 3 is 2.70 bits per heavy atom. The van der Waals surface area contributed by atoms with Gasteiger partial charge in [0.1, 0.15) is 12.2 Å². The van der Waals surface area contributed by atoms with Crippen LogP contribution in [-0.4, -0.2) is 14.8 Å². The smallest absolute Gasteiger partial charge is 0.138 e. The number of aromatic nitrogens is 3. The molecule has 0 bridgehead atoms. The van der Waals surface area contributed by atoms with Crippen molar-refractivity contribution in [3.05, 3.63) is 47.5 Å². The lowest BCUT2D eigenvalue weighted by molar-refractivity contribution is 0.467. The Balaban J connectivity index is 2.27. The minimum atomic E-state index is 0.0489. The van der Waals surface area contributed by atoms with Crippen molar-refractivity contribution >= 4 is 0 Å². The molecule has 5 heteroatoms. The van der Waals surface area contributed by atoms with Crippen LogP contribution in [0.3, 0.4) is 0 Å². The van der Waals surface area contributed by atoms with Crippen LogP contribution in [0.25, 0.3) is 0 Å². The van der Waals surface area contributed by atoms with Crippen molar-refractivity contribution in [3.8, 4) is 0 Å². The van der Waals surface area contributed by atoms with E-state index < -0.39 is 0 Å². The molecule has 3 N–H and O–H groups in total. The zero-order valence-electron chi connectivity index (χ0n) is 12.4. The minimum Gasteiger partial charge on any atom is -0.271 e. The van der Waals surface area contributed by atoms with E-state index in [9.17, 15) is 0 Å². The first-order valence-electron chi connectivity index (χ1n) is 7.09. The summed E-state index contributed by atoms with van der Waals surface area (Å²) in [7, 11) is 0. The first-order chi connectivity index (χ1) is 9.67. The largest absolute Gasteiger partial charge is 0.271 e. The molecule has 0 aliphatic carbocycles. The summed E-state index contributed by atoms with van der Waals surface area (Å²) in [5.41, 5.74) is 5.46. The van der Waals surface area contributed by atoms with Gasteiger partial charge in [-0.3, -0.25) is 11.3 Å². The fourth-order valence-corrected chi connectivity index (χ4v) is 2.49. The van der Waals surface area contributed by atoms with Gasteiger partial charge in [-0.05, 0) is 31.4 Å². The standard InChI is InChI=1S/C15H23N5/c1-4-12-7-5-6-8-13(12)14(19-16)9-15-17-10-18-20(15)11(2)3/h5-8,10-11,14,19H,4,9,16H2,1-3H3. The predicted molar refractivity (Wildman–Crippen MR) is 80.0 cm³/mol. The number of nitrogens with one attached hydrogen (secondary N) is 1. The second kappa shape index (κ2) is 6.63. The van der Waals surface area contributed by atoms with Crippen LogP contribution in [0.4, 0.5) is 0 Å². The fraction of sp³-hybridized carbons (Fsp3) is 0.467. The van der Waals surface area contributed by atoms with Crippen molar-refractivity contribution in [2.24, 2.45) is 5.84 Å². The molecule has 0 aliphatic heterocycles. The third kappa shape index (κ3) is 3.05. The Labute approximate surface area is 120 Å². The Bertz CT molecular complexity index is 547. The van der Waals surface area contributed by atoms with Crippen molar-refractivity contribution in [1.82, 2.24) is 20.2 Å². The second-order valence-electron chi connectivity index (χ2n) is 5.19. The molecule has 1 atom stereocenters. The monoisotopic (exact) mass is 273 g/mol. The SMILES string of the molecule is CCc1ccccc1C(Cc1ncnn1C(C)C)NN. The molecular formula is C15H23N5. The van der Waals surface area contributed by atoms with Crippen LogP contribution in [0.15, 0.2) is 30.6 Å². The number of nitrogens with zero attached hydrogens (tertiary/aromatic N) is 3. The van der Waals surface area contributed by atoms with E-state index in [0.29, 0.717) is 6.04 Å². The molecule has 108 valence electrons. The van der Waals surface area contributed by atoms with Crippen LogP contribution in [0.1, 0.15) is 49.8 Å². The van der Waals surface area contributed by atoms with Crippen LogP contribution in [0, 0.1) is 0 Å². The molecule has 1 aromatic carbocycles. The molecule has 0 saturated carbocycles. The van der Waals surface area contributed by atoms with Crippen LogP contribution < -0.4 is 11.3 Å². The number of aryl methyl sites for hydroxylation is 1. The zero-order chi connectivity index (χ0) is 14.5. The van der Waals surface area contributed by atoms with Gasteiger partial charge >= 0.3 is 0 Å². The van der Waals surface area contributed by atoms with Gasteiger partial charge in [0.15, 0.2) is 0 Å². The van der Waals surface area contributed by atoms with Gasteiger partial charge in [0.05, 0.1) is 6.04 Å². The van der Waals surface area contributed by atoms with Crippen molar-refractivity contribution in [2.45, 2.75) is 45.7 Å². The van der Waals surface area contributed by atoms with Crippen molar-refractivity contribution in [2.75, 3.05) is 0 Å². The van der Waals surface area contributed by atoms with Crippen LogP contribution in [-0.2, 0) is 12.8 Å². The summed E-state index contributed by atoms with van der Waals surface area (Å²) in [5, 5.41) is 4.28. The van der Waals surface area contributed by atoms with Gasteiger partial charge in [0.25, 0.3) is 0 Å². The van der Waals surface area contributed by atoms with Gasteiger partial charge in [-0.1, -0.05) is 31.2 Å². The molecule has 1 heterocycles. The number of rotatable bonds is 6. The van der Waals surface area contributed by atoms with Gasteiger partial charge in [-0.25, -0.2) is 9.67 Å². The summed E-state index contributed by atoms with van der Waals surface area (Å²) in [6.07, 6.45) is 3.32. The fourth-order valence-electron chi connectivity index (χ4n) is 2.49. The van der Waals surface area contributed by atoms with Gasteiger partial charge < -0.3 is 0 Å². The molecule has 1 aromatic heterocycles. The second-order valence-corrected chi connectivity index (χ2v) is 5.19. The molecule has 2 aromatic rings. The summed E-state index contributed by atoms with van der Waals surface area (Å²) in [6.45, 7) is 6.36. The van der Waals surface area contributed by atoms with Crippen LogP contribution in [0.5, 0.6) is 0 Å². The van der Waals surface area contributed by atoms with E-state index in [0.717, 1.165) is 18.7 Å².